The van der Waals surface area contributed by atoms with Crippen LogP contribution in [-0.2, 0) is 14.3 Å². The van der Waals surface area contributed by atoms with E-state index in [0.717, 1.165) is 17.3 Å². The average Bonchev–Trinajstić information content (AvgIpc) is 2.61. The highest BCUT2D eigenvalue weighted by Crippen LogP contribution is 2.33. The van der Waals surface area contributed by atoms with E-state index in [0.29, 0.717) is 24.3 Å². The zero-order valence-corrected chi connectivity index (χ0v) is 16.2. The Morgan fingerprint density at radius 3 is 2.32 bits per heavy atom. The molecule has 6 heteroatoms. The highest BCUT2D eigenvalue weighted by Gasteiger charge is 2.43. The molecule has 1 N–H and O–H groups in total. The van der Waals surface area contributed by atoms with Crippen LogP contribution in [0.25, 0.3) is 0 Å². The number of carbonyl (C=O) groups is 3. The average molecular weight is 410 g/mol. The van der Waals surface area contributed by atoms with Crippen LogP contribution in [-0.4, -0.2) is 30.3 Å². The van der Waals surface area contributed by atoms with Gasteiger partial charge in [0.1, 0.15) is 5.54 Å². The summed E-state index contributed by atoms with van der Waals surface area (Å²) in [6.07, 6.45) is 3.06. The van der Waals surface area contributed by atoms with E-state index in [1.807, 2.05) is 0 Å². The van der Waals surface area contributed by atoms with Gasteiger partial charge in [-0.25, -0.2) is 4.79 Å². The summed E-state index contributed by atoms with van der Waals surface area (Å²) in [6.45, 7) is 2.14. The zero-order valence-electron chi connectivity index (χ0n) is 14.6. The number of hydrogen-bond acceptors (Lipinski definition) is 4. The molecular formula is C19H24BrNO4. The molecule has 2 rings (SSSR count). The molecule has 1 aromatic carbocycles. The minimum Gasteiger partial charge on any atom is -0.467 e. The molecule has 0 atom stereocenters. The van der Waals surface area contributed by atoms with Crippen LogP contribution in [0.15, 0.2) is 28.7 Å². The minimum absolute atomic E-state index is 0.0587. The Bertz CT molecular complexity index is 633. The van der Waals surface area contributed by atoms with E-state index in [4.69, 9.17) is 4.74 Å². The summed E-state index contributed by atoms with van der Waals surface area (Å²) in [6, 6.07) is 7.04. The fourth-order valence-electron chi connectivity index (χ4n) is 3.17. The van der Waals surface area contributed by atoms with Gasteiger partial charge in [-0.2, -0.15) is 0 Å². The molecule has 0 spiro atoms. The molecule has 0 heterocycles. The van der Waals surface area contributed by atoms with Crippen LogP contribution in [0, 0.1) is 5.92 Å². The maximum Gasteiger partial charge on any atom is 0.331 e. The van der Waals surface area contributed by atoms with Gasteiger partial charge in [0.15, 0.2) is 5.78 Å². The van der Waals surface area contributed by atoms with Gasteiger partial charge in [0, 0.05) is 22.9 Å². The van der Waals surface area contributed by atoms with Crippen molar-refractivity contribution in [2.75, 3.05) is 7.11 Å². The molecular weight excluding hydrogens is 386 g/mol. The minimum atomic E-state index is -0.945. The fraction of sp³-hybridized carbons (Fsp3) is 0.526. The second kappa shape index (κ2) is 8.61. The molecule has 1 amide bonds. The third kappa shape index (κ3) is 5.14. The number of benzene rings is 1. The van der Waals surface area contributed by atoms with Crippen molar-refractivity contribution in [1.82, 2.24) is 5.32 Å². The van der Waals surface area contributed by atoms with Crippen LogP contribution in [0.2, 0.25) is 0 Å². The summed E-state index contributed by atoms with van der Waals surface area (Å²) < 4.78 is 5.81. The molecule has 0 unspecified atom stereocenters. The van der Waals surface area contributed by atoms with Gasteiger partial charge in [-0.1, -0.05) is 35.0 Å². The number of carbonyl (C=O) groups excluding carboxylic acids is 3. The summed E-state index contributed by atoms with van der Waals surface area (Å²) in [5, 5.41) is 2.85. The number of esters is 1. The van der Waals surface area contributed by atoms with Crippen molar-refractivity contribution in [1.29, 1.82) is 0 Å². The van der Waals surface area contributed by atoms with E-state index in [9.17, 15) is 14.4 Å². The lowest BCUT2D eigenvalue weighted by molar-refractivity contribution is -0.153. The number of nitrogens with one attached hydrogen (secondary N) is 1. The van der Waals surface area contributed by atoms with Crippen LogP contribution in [0.3, 0.4) is 0 Å². The summed E-state index contributed by atoms with van der Waals surface area (Å²) in [7, 11) is 1.34. The molecule has 136 valence electrons. The summed E-state index contributed by atoms with van der Waals surface area (Å²) in [5.41, 5.74) is -0.371. The first-order chi connectivity index (χ1) is 11.9. The first kappa shape index (κ1) is 19.6. The topological polar surface area (TPSA) is 72.5 Å². The summed E-state index contributed by atoms with van der Waals surface area (Å²) >= 11 is 3.32. The number of rotatable bonds is 6. The quantitative estimate of drug-likeness (QED) is 0.574. The van der Waals surface area contributed by atoms with E-state index in [-0.39, 0.29) is 24.5 Å². The highest BCUT2D eigenvalue weighted by atomic mass is 79.9. The Hall–Kier alpha value is -1.69. The van der Waals surface area contributed by atoms with Crippen molar-refractivity contribution in [3.05, 3.63) is 34.3 Å². The monoisotopic (exact) mass is 409 g/mol. The van der Waals surface area contributed by atoms with Gasteiger partial charge >= 0.3 is 5.97 Å². The molecule has 0 saturated heterocycles. The van der Waals surface area contributed by atoms with Crippen LogP contribution in [0.5, 0.6) is 0 Å². The lowest BCUT2D eigenvalue weighted by Crippen LogP contribution is -2.56. The first-order valence-corrected chi connectivity index (χ1v) is 9.34. The molecule has 1 aliphatic carbocycles. The number of hydrogen-bond donors (Lipinski definition) is 1. The maximum atomic E-state index is 12.3. The van der Waals surface area contributed by atoms with Crippen LogP contribution in [0.1, 0.15) is 55.8 Å². The van der Waals surface area contributed by atoms with E-state index in [1.165, 1.54) is 7.11 Å². The van der Waals surface area contributed by atoms with Gasteiger partial charge in [-0.05, 0) is 43.7 Å². The lowest BCUT2D eigenvalue weighted by Gasteiger charge is -2.37. The fourth-order valence-corrected chi connectivity index (χ4v) is 3.43. The molecule has 1 aliphatic rings. The number of ketones is 1. The predicted molar refractivity (Wildman–Crippen MR) is 98.2 cm³/mol. The number of ether oxygens (including phenoxy) is 1. The Balaban J connectivity index is 1.94. The van der Waals surface area contributed by atoms with E-state index < -0.39 is 11.5 Å². The summed E-state index contributed by atoms with van der Waals surface area (Å²) in [5.74, 6) is -0.238. The molecule has 1 saturated carbocycles. The van der Waals surface area contributed by atoms with Gasteiger partial charge in [0.2, 0.25) is 5.91 Å². The third-order valence-electron chi connectivity index (χ3n) is 4.83. The SMILES string of the molecule is COC(=O)C1(NC(=O)CCC(=O)c2ccc(Br)cc2)CCC(C)CC1. The maximum absolute atomic E-state index is 12.3. The van der Waals surface area contributed by atoms with Crippen molar-refractivity contribution in [2.45, 2.75) is 51.0 Å². The number of amides is 1. The van der Waals surface area contributed by atoms with E-state index in [1.54, 1.807) is 24.3 Å². The number of halogens is 1. The van der Waals surface area contributed by atoms with Crippen molar-refractivity contribution in [2.24, 2.45) is 5.92 Å². The van der Waals surface area contributed by atoms with E-state index in [2.05, 4.69) is 28.2 Å². The second-order valence-electron chi connectivity index (χ2n) is 6.73. The molecule has 25 heavy (non-hydrogen) atoms. The van der Waals surface area contributed by atoms with Crippen molar-refractivity contribution >= 4 is 33.6 Å². The zero-order chi connectivity index (χ0) is 18.4. The first-order valence-electron chi connectivity index (χ1n) is 8.54. The highest BCUT2D eigenvalue weighted by molar-refractivity contribution is 9.10. The van der Waals surface area contributed by atoms with Crippen LogP contribution in [0.4, 0.5) is 0 Å². The Morgan fingerprint density at radius 2 is 1.76 bits per heavy atom. The van der Waals surface area contributed by atoms with Gasteiger partial charge in [-0.3, -0.25) is 9.59 Å². The Labute approximate surface area is 156 Å². The van der Waals surface area contributed by atoms with E-state index >= 15 is 0 Å². The number of methoxy groups -OCH3 is 1. The Morgan fingerprint density at radius 1 is 1.16 bits per heavy atom. The molecule has 5 nitrogen and oxygen atoms in total. The van der Waals surface area contributed by atoms with Crippen molar-refractivity contribution < 1.29 is 19.1 Å². The largest absolute Gasteiger partial charge is 0.467 e. The van der Waals surface area contributed by atoms with Crippen molar-refractivity contribution in [3.8, 4) is 0 Å². The summed E-state index contributed by atoms with van der Waals surface area (Å²) in [4.78, 5) is 36.7. The van der Waals surface area contributed by atoms with Gasteiger partial charge in [-0.15, -0.1) is 0 Å². The second-order valence-corrected chi connectivity index (χ2v) is 7.65. The Kier molecular flexibility index (Phi) is 6.76. The van der Waals surface area contributed by atoms with Crippen molar-refractivity contribution in [3.63, 3.8) is 0 Å². The lowest BCUT2D eigenvalue weighted by atomic mass is 9.77. The molecule has 0 aliphatic heterocycles. The smallest absolute Gasteiger partial charge is 0.331 e. The molecule has 1 aromatic rings. The molecule has 0 aromatic heterocycles. The normalized spacial score (nSPS) is 22.9. The standard InChI is InChI=1S/C19H24BrNO4/c1-13-9-11-19(12-10-13,18(24)25-2)21-17(23)8-7-16(22)14-3-5-15(20)6-4-14/h3-6,13H,7-12H2,1-2H3,(H,21,23). The number of Topliss-reactive ketones (excluding diaryl/α,β-unsaturated/α-hetero) is 1. The van der Waals surface area contributed by atoms with Gasteiger partial charge in [0.25, 0.3) is 0 Å². The molecule has 1 fully saturated rings. The van der Waals surface area contributed by atoms with Gasteiger partial charge in [0.05, 0.1) is 7.11 Å². The van der Waals surface area contributed by atoms with Crippen LogP contribution >= 0.6 is 15.9 Å². The molecule has 0 bridgehead atoms. The third-order valence-corrected chi connectivity index (χ3v) is 5.36. The van der Waals surface area contributed by atoms with Crippen LogP contribution < -0.4 is 5.32 Å². The molecule has 0 radical (unpaired) electrons. The van der Waals surface area contributed by atoms with Gasteiger partial charge < -0.3 is 10.1 Å². The predicted octanol–water partition coefficient (Wildman–Crippen LogP) is 3.65.